The van der Waals surface area contributed by atoms with Crippen LogP contribution in [0.2, 0.25) is 0 Å². The molecule has 0 atom stereocenters. The Morgan fingerprint density at radius 3 is 2.09 bits per heavy atom. The first-order chi connectivity index (χ1) is 22.2. The summed E-state index contributed by atoms with van der Waals surface area (Å²) < 4.78 is 3.44. The number of aryl methyl sites for hydroxylation is 2. The van der Waals surface area contributed by atoms with Crippen molar-refractivity contribution in [2.24, 2.45) is 0 Å². The van der Waals surface area contributed by atoms with E-state index in [1.54, 1.807) is 11.3 Å². The number of anilines is 2. The van der Waals surface area contributed by atoms with Gasteiger partial charge in [-0.25, -0.2) is 0 Å². The Balaban J connectivity index is 1.14. The molecule has 0 saturated heterocycles. The zero-order valence-corrected chi connectivity index (χ0v) is 26.4. The highest BCUT2D eigenvalue weighted by molar-refractivity contribution is 7.27. The number of thiophene rings is 2. The van der Waals surface area contributed by atoms with Crippen LogP contribution in [0.15, 0.2) is 140 Å². The first kappa shape index (κ1) is 27.9. The molecule has 0 fully saturated rings. The third kappa shape index (κ3) is 5.35. The van der Waals surface area contributed by atoms with Gasteiger partial charge >= 0.3 is 0 Å². The molecule has 6 aromatic carbocycles. The molecule has 0 unspecified atom stereocenters. The van der Waals surface area contributed by atoms with Crippen LogP contribution in [0, 0.1) is 0 Å². The predicted molar refractivity (Wildman–Crippen MR) is 199 cm³/mol. The highest BCUT2D eigenvalue weighted by atomic mass is 32.1. The number of benzene rings is 6. The Morgan fingerprint density at radius 2 is 1.24 bits per heavy atom. The molecule has 45 heavy (non-hydrogen) atoms. The monoisotopic (exact) mass is 611 g/mol. The van der Waals surface area contributed by atoms with Crippen molar-refractivity contribution in [1.29, 1.82) is 0 Å². The summed E-state index contributed by atoms with van der Waals surface area (Å²) in [6.45, 7) is 0. The fourth-order valence-electron chi connectivity index (χ4n) is 6.50. The van der Waals surface area contributed by atoms with E-state index in [9.17, 15) is 0 Å². The SMILES string of the molecule is [B]c1sc2ccccc2c1-c1cc(-c2ccccc2)ccc1CCCc1sc2ccccc2c1Nc1cccc2ccccc12. The fourth-order valence-corrected chi connectivity index (χ4v) is 8.68. The van der Waals surface area contributed by atoms with E-state index in [0.717, 1.165) is 29.7 Å². The lowest BCUT2D eigenvalue weighted by Crippen LogP contribution is -2.02. The minimum atomic E-state index is 0.883. The number of hydrogen-bond donors (Lipinski definition) is 1. The normalized spacial score (nSPS) is 11.5. The maximum absolute atomic E-state index is 6.75. The Bertz CT molecular complexity index is 2290. The quantitative estimate of drug-likeness (QED) is 0.169. The molecule has 0 spiro atoms. The van der Waals surface area contributed by atoms with E-state index >= 15 is 0 Å². The Labute approximate surface area is 273 Å². The van der Waals surface area contributed by atoms with Gasteiger partial charge in [0.05, 0.1) is 5.69 Å². The molecular formula is C41H30BNS2. The molecule has 2 aromatic heterocycles. The smallest absolute Gasteiger partial charge is 0.129 e. The second kappa shape index (κ2) is 12.0. The lowest BCUT2D eigenvalue weighted by molar-refractivity contribution is 0.834. The molecule has 0 aliphatic heterocycles. The first-order valence-electron chi connectivity index (χ1n) is 15.4. The Morgan fingerprint density at radius 1 is 0.556 bits per heavy atom. The Kier molecular flexibility index (Phi) is 7.46. The van der Waals surface area contributed by atoms with Gasteiger partial charge in [0.1, 0.15) is 7.85 Å². The molecular weight excluding hydrogens is 581 g/mol. The molecule has 0 saturated carbocycles. The van der Waals surface area contributed by atoms with E-state index < -0.39 is 0 Å². The standard InChI is InChI=1S/C41H30BNS2/c42-41-39(32-18-6-8-21-36(32)45-41)34-26-30(27-12-2-1-3-13-27)25-24-29(34)16-11-23-38-40(33-19-7-9-22-37(33)44-38)43-35-20-10-15-28-14-4-5-17-31(28)35/h1-10,12-15,17-22,24-26,43H,11,16,23H2. The summed E-state index contributed by atoms with van der Waals surface area (Å²) in [6, 6.07) is 50.0. The molecule has 2 radical (unpaired) electrons. The molecule has 8 aromatic rings. The van der Waals surface area contributed by atoms with Crippen LogP contribution >= 0.6 is 22.7 Å². The van der Waals surface area contributed by atoms with Gasteiger partial charge in [-0.15, -0.1) is 11.3 Å². The Hall–Kier alpha value is -4.64. The van der Waals surface area contributed by atoms with E-state index in [4.69, 9.17) is 7.85 Å². The van der Waals surface area contributed by atoms with Gasteiger partial charge < -0.3 is 5.32 Å². The minimum Gasteiger partial charge on any atom is -0.354 e. The van der Waals surface area contributed by atoms with Gasteiger partial charge in [0.2, 0.25) is 0 Å². The van der Waals surface area contributed by atoms with Gasteiger partial charge in [0.25, 0.3) is 0 Å². The van der Waals surface area contributed by atoms with Crippen molar-refractivity contribution in [3.8, 4) is 22.3 Å². The van der Waals surface area contributed by atoms with Gasteiger partial charge in [-0.1, -0.05) is 115 Å². The number of fused-ring (bicyclic) bond motifs is 3. The molecule has 0 amide bonds. The first-order valence-corrected chi connectivity index (χ1v) is 17.1. The van der Waals surface area contributed by atoms with Crippen molar-refractivity contribution in [3.05, 3.63) is 150 Å². The summed E-state index contributed by atoms with van der Waals surface area (Å²) in [4.78, 5) is 1.40. The van der Waals surface area contributed by atoms with Crippen molar-refractivity contribution < 1.29 is 0 Å². The van der Waals surface area contributed by atoms with E-state index in [2.05, 4.69) is 145 Å². The molecule has 2 heterocycles. The van der Waals surface area contributed by atoms with Crippen molar-refractivity contribution in [2.75, 3.05) is 5.32 Å². The van der Waals surface area contributed by atoms with Crippen LogP contribution in [0.25, 0.3) is 53.2 Å². The molecule has 8 rings (SSSR count). The fraction of sp³-hybridized carbons (Fsp3) is 0.0732. The van der Waals surface area contributed by atoms with Crippen LogP contribution in [0.5, 0.6) is 0 Å². The molecule has 0 aliphatic rings. The van der Waals surface area contributed by atoms with E-state index in [1.165, 1.54) is 69.3 Å². The molecule has 1 N–H and O–H groups in total. The van der Waals surface area contributed by atoms with Crippen LogP contribution in [0.1, 0.15) is 16.9 Å². The van der Waals surface area contributed by atoms with Crippen molar-refractivity contribution in [1.82, 2.24) is 0 Å². The lowest BCUT2D eigenvalue weighted by atomic mass is 9.87. The van der Waals surface area contributed by atoms with Crippen molar-refractivity contribution in [2.45, 2.75) is 19.3 Å². The number of rotatable bonds is 8. The second-order valence-electron chi connectivity index (χ2n) is 11.5. The van der Waals surface area contributed by atoms with Crippen LogP contribution in [0.4, 0.5) is 11.4 Å². The van der Waals surface area contributed by atoms with Crippen molar-refractivity contribution in [3.63, 3.8) is 0 Å². The maximum Gasteiger partial charge on any atom is 0.129 e. The summed E-state index contributed by atoms with van der Waals surface area (Å²) in [5.41, 5.74) is 8.58. The molecule has 0 bridgehead atoms. The zero-order valence-electron chi connectivity index (χ0n) is 24.8. The minimum absolute atomic E-state index is 0.883. The number of hydrogen-bond acceptors (Lipinski definition) is 3. The van der Waals surface area contributed by atoms with Gasteiger partial charge in [-0.3, -0.25) is 0 Å². The third-order valence-corrected chi connectivity index (χ3v) is 10.9. The summed E-state index contributed by atoms with van der Waals surface area (Å²) >= 11 is 3.59. The molecule has 4 heteroatoms. The molecule has 0 aliphatic carbocycles. The zero-order chi connectivity index (χ0) is 30.2. The highest BCUT2D eigenvalue weighted by Crippen LogP contribution is 2.41. The van der Waals surface area contributed by atoms with Crippen molar-refractivity contribution >= 4 is 77.6 Å². The summed E-state index contributed by atoms with van der Waals surface area (Å²) in [7, 11) is 6.75. The van der Waals surface area contributed by atoms with Crippen LogP contribution in [-0.4, -0.2) is 7.85 Å². The van der Waals surface area contributed by atoms with Crippen LogP contribution < -0.4 is 10.1 Å². The average Bonchev–Trinajstić information content (AvgIpc) is 3.61. The molecule has 214 valence electrons. The maximum atomic E-state index is 6.75. The summed E-state index contributed by atoms with van der Waals surface area (Å²) in [5.74, 6) is 0. The van der Waals surface area contributed by atoms with Gasteiger partial charge in [-0.05, 0) is 86.9 Å². The predicted octanol–water partition coefficient (Wildman–Crippen LogP) is 11.3. The van der Waals surface area contributed by atoms with Gasteiger partial charge in [0, 0.05) is 30.7 Å². The van der Waals surface area contributed by atoms with Gasteiger partial charge in [0.15, 0.2) is 0 Å². The van der Waals surface area contributed by atoms with E-state index in [-0.39, 0.29) is 0 Å². The molecule has 1 nitrogen and oxygen atoms in total. The second-order valence-corrected chi connectivity index (χ2v) is 13.7. The van der Waals surface area contributed by atoms with Crippen LogP contribution in [0.3, 0.4) is 0 Å². The summed E-state index contributed by atoms with van der Waals surface area (Å²) in [6.07, 6.45) is 3.00. The van der Waals surface area contributed by atoms with Gasteiger partial charge in [-0.2, -0.15) is 11.3 Å². The summed E-state index contributed by atoms with van der Waals surface area (Å²) in [5, 5.41) is 8.88. The average molecular weight is 612 g/mol. The van der Waals surface area contributed by atoms with Crippen LogP contribution in [-0.2, 0) is 12.8 Å². The topological polar surface area (TPSA) is 12.0 Å². The largest absolute Gasteiger partial charge is 0.354 e. The van der Waals surface area contributed by atoms with E-state index in [1.807, 2.05) is 11.3 Å². The third-order valence-electron chi connectivity index (χ3n) is 8.68. The number of nitrogens with one attached hydrogen (secondary N) is 1. The highest BCUT2D eigenvalue weighted by Gasteiger charge is 2.17. The van der Waals surface area contributed by atoms with E-state index in [0.29, 0.717) is 0 Å². The lowest BCUT2D eigenvalue weighted by Gasteiger charge is -2.15.